The molecule has 1 N–H and O–H groups in total. The molecule has 0 aromatic heterocycles. The smallest absolute Gasteiger partial charge is 0.120 e. The van der Waals surface area contributed by atoms with E-state index < -0.39 is 0 Å². The molecule has 0 radical (unpaired) electrons. The van der Waals surface area contributed by atoms with Crippen LogP contribution in [0.15, 0.2) is 24.3 Å². The summed E-state index contributed by atoms with van der Waals surface area (Å²) in [4.78, 5) is 0. The van der Waals surface area contributed by atoms with Crippen molar-refractivity contribution in [3.63, 3.8) is 0 Å². The van der Waals surface area contributed by atoms with E-state index in [4.69, 9.17) is 9.84 Å². The zero-order chi connectivity index (χ0) is 14.8. The van der Waals surface area contributed by atoms with Gasteiger partial charge >= 0.3 is 0 Å². The second-order valence-corrected chi connectivity index (χ2v) is 4.70. The van der Waals surface area contributed by atoms with Gasteiger partial charge in [-0.25, -0.2) is 0 Å². The molecule has 0 saturated heterocycles. The van der Waals surface area contributed by atoms with Gasteiger partial charge in [-0.05, 0) is 48.9 Å². The van der Waals surface area contributed by atoms with Crippen molar-refractivity contribution in [1.82, 2.24) is 0 Å². The van der Waals surface area contributed by atoms with Gasteiger partial charge < -0.3 is 9.84 Å². The first-order valence-corrected chi connectivity index (χ1v) is 7.61. The number of phenolic OH excluding ortho intramolecular Hbond substituents is 1. The Labute approximate surface area is 118 Å². The third-order valence-electron chi connectivity index (χ3n) is 3.17. The highest BCUT2D eigenvalue weighted by atomic mass is 16.5. The van der Waals surface area contributed by atoms with Gasteiger partial charge in [-0.15, -0.1) is 0 Å². The first-order chi connectivity index (χ1) is 9.15. The second kappa shape index (κ2) is 9.71. The highest BCUT2D eigenvalue weighted by Gasteiger charge is 2.30. The molecular formula is C17H30O2. The Bertz CT molecular complexity index is 319. The van der Waals surface area contributed by atoms with Gasteiger partial charge in [0.15, 0.2) is 0 Å². The van der Waals surface area contributed by atoms with Gasteiger partial charge in [0.1, 0.15) is 17.6 Å². The van der Waals surface area contributed by atoms with Crippen molar-refractivity contribution in [3.05, 3.63) is 24.3 Å². The Morgan fingerprint density at radius 2 is 1.47 bits per heavy atom. The third kappa shape index (κ3) is 6.00. The van der Waals surface area contributed by atoms with Crippen molar-refractivity contribution in [2.24, 2.45) is 11.8 Å². The minimum Gasteiger partial charge on any atom is -0.508 e. The van der Waals surface area contributed by atoms with Crippen molar-refractivity contribution in [3.8, 4) is 11.5 Å². The Hall–Kier alpha value is -1.18. The van der Waals surface area contributed by atoms with Crippen LogP contribution in [0.2, 0.25) is 0 Å². The van der Waals surface area contributed by atoms with Gasteiger partial charge in [-0.1, -0.05) is 41.5 Å². The lowest BCUT2D eigenvalue weighted by atomic mass is 10.1. The number of benzene rings is 1. The van der Waals surface area contributed by atoms with Gasteiger partial charge in [0.25, 0.3) is 0 Å². The Morgan fingerprint density at radius 3 is 1.89 bits per heavy atom. The van der Waals surface area contributed by atoms with E-state index in [9.17, 15) is 0 Å². The molecule has 19 heavy (non-hydrogen) atoms. The van der Waals surface area contributed by atoms with Crippen LogP contribution < -0.4 is 4.74 Å². The van der Waals surface area contributed by atoms with E-state index in [0.717, 1.165) is 18.1 Å². The first-order valence-electron chi connectivity index (χ1n) is 7.61. The summed E-state index contributed by atoms with van der Waals surface area (Å²) in [6, 6.07) is 6.98. The second-order valence-electron chi connectivity index (χ2n) is 4.70. The highest BCUT2D eigenvalue weighted by Crippen LogP contribution is 2.33. The summed E-state index contributed by atoms with van der Waals surface area (Å²) in [6.45, 7) is 12.5. The van der Waals surface area contributed by atoms with Crippen LogP contribution in [0.3, 0.4) is 0 Å². The van der Waals surface area contributed by atoms with Crippen molar-refractivity contribution >= 4 is 0 Å². The Kier molecular flexibility index (Phi) is 9.11. The van der Waals surface area contributed by atoms with Crippen LogP contribution in [-0.2, 0) is 0 Å². The zero-order valence-corrected chi connectivity index (χ0v) is 13.3. The number of ether oxygens (including phenoxy) is 1. The number of aromatic hydroxyl groups is 1. The lowest BCUT2D eigenvalue weighted by Gasteiger charge is -2.17. The lowest BCUT2D eigenvalue weighted by molar-refractivity contribution is 0.166. The van der Waals surface area contributed by atoms with Crippen LogP contribution in [0.5, 0.6) is 11.5 Å². The van der Waals surface area contributed by atoms with E-state index in [0.29, 0.717) is 12.0 Å². The largest absolute Gasteiger partial charge is 0.508 e. The van der Waals surface area contributed by atoms with E-state index in [-0.39, 0.29) is 5.75 Å². The summed E-state index contributed by atoms with van der Waals surface area (Å²) in [7, 11) is 0. The fourth-order valence-corrected chi connectivity index (χ4v) is 2.38. The molecule has 1 aliphatic rings. The molecule has 0 amide bonds. The molecule has 1 aliphatic carbocycles. The molecule has 0 aliphatic heterocycles. The molecule has 0 bridgehead atoms. The van der Waals surface area contributed by atoms with Crippen LogP contribution in [0.25, 0.3) is 0 Å². The maximum absolute atomic E-state index is 9.16. The zero-order valence-electron chi connectivity index (χ0n) is 13.3. The predicted molar refractivity (Wildman–Crippen MR) is 82.8 cm³/mol. The van der Waals surface area contributed by atoms with Crippen molar-refractivity contribution in [2.75, 3.05) is 0 Å². The highest BCUT2D eigenvalue weighted by molar-refractivity contribution is 5.30. The number of phenols is 1. The van der Waals surface area contributed by atoms with Crippen LogP contribution in [0, 0.1) is 11.8 Å². The molecule has 2 unspecified atom stereocenters. The van der Waals surface area contributed by atoms with Gasteiger partial charge in [0, 0.05) is 0 Å². The predicted octanol–water partition coefficient (Wildman–Crippen LogP) is 5.26. The molecule has 1 fully saturated rings. The van der Waals surface area contributed by atoms with E-state index in [2.05, 4.69) is 13.8 Å². The molecular weight excluding hydrogens is 236 g/mol. The fraction of sp³-hybridized carbons (Fsp3) is 0.647. The topological polar surface area (TPSA) is 29.5 Å². The average molecular weight is 266 g/mol. The summed E-state index contributed by atoms with van der Waals surface area (Å²) in [6.07, 6.45) is 2.73. The van der Waals surface area contributed by atoms with Crippen molar-refractivity contribution in [1.29, 1.82) is 0 Å². The summed E-state index contributed by atoms with van der Waals surface area (Å²) < 4.78 is 5.90. The Balaban J connectivity index is 0.000000741. The quantitative estimate of drug-likeness (QED) is 0.791. The van der Waals surface area contributed by atoms with E-state index in [1.165, 1.54) is 6.42 Å². The average Bonchev–Trinajstić information content (AvgIpc) is 2.75. The minimum atomic E-state index is 0.287. The molecule has 1 saturated carbocycles. The van der Waals surface area contributed by atoms with Gasteiger partial charge in [0.2, 0.25) is 0 Å². The van der Waals surface area contributed by atoms with Gasteiger partial charge in [-0.3, -0.25) is 0 Å². The van der Waals surface area contributed by atoms with Crippen LogP contribution in [0.4, 0.5) is 0 Å². The molecule has 2 rings (SSSR count). The first kappa shape index (κ1) is 17.8. The van der Waals surface area contributed by atoms with E-state index >= 15 is 0 Å². The standard InChI is InChI=1S/C13H18O2.2C2H6/c1-9-7-10(2)13(8-9)15-12-5-3-11(14)4-6-12;2*1-2/h3-6,9-10,13-14H,7-8H2,1-2H3;2*1-2H3/t9?,10?,13-;;/m1../s1. The Morgan fingerprint density at radius 1 is 0.947 bits per heavy atom. The lowest BCUT2D eigenvalue weighted by Crippen LogP contribution is -2.18. The molecule has 0 spiro atoms. The van der Waals surface area contributed by atoms with Crippen LogP contribution in [-0.4, -0.2) is 11.2 Å². The van der Waals surface area contributed by atoms with Crippen molar-refractivity contribution in [2.45, 2.75) is 60.5 Å². The van der Waals surface area contributed by atoms with Crippen LogP contribution in [0.1, 0.15) is 54.4 Å². The van der Waals surface area contributed by atoms with Gasteiger partial charge in [0.05, 0.1) is 0 Å². The van der Waals surface area contributed by atoms with Crippen molar-refractivity contribution < 1.29 is 9.84 Å². The number of rotatable bonds is 2. The summed E-state index contributed by atoms with van der Waals surface area (Å²) >= 11 is 0. The molecule has 2 nitrogen and oxygen atoms in total. The molecule has 2 heteroatoms. The SMILES string of the molecule is CC.CC.CC1CC(C)[C@H](Oc2ccc(O)cc2)C1. The summed E-state index contributed by atoms with van der Waals surface area (Å²) in [5, 5.41) is 9.16. The van der Waals surface area contributed by atoms with E-state index in [1.807, 2.05) is 39.8 Å². The fourth-order valence-electron chi connectivity index (χ4n) is 2.38. The summed E-state index contributed by atoms with van der Waals surface area (Å²) in [5.74, 6) is 2.55. The number of hydrogen-bond acceptors (Lipinski definition) is 2. The molecule has 110 valence electrons. The molecule has 3 atom stereocenters. The summed E-state index contributed by atoms with van der Waals surface area (Å²) in [5.41, 5.74) is 0. The third-order valence-corrected chi connectivity index (χ3v) is 3.17. The van der Waals surface area contributed by atoms with Gasteiger partial charge in [-0.2, -0.15) is 0 Å². The monoisotopic (exact) mass is 266 g/mol. The molecule has 1 aromatic rings. The van der Waals surface area contributed by atoms with E-state index in [1.54, 1.807) is 12.1 Å². The maximum Gasteiger partial charge on any atom is 0.120 e. The molecule has 1 aromatic carbocycles. The minimum absolute atomic E-state index is 0.287. The maximum atomic E-state index is 9.16. The molecule has 0 heterocycles. The van der Waals surface area contributed by atoms with Crippen LogP contribution >= 0.6 is 0 Å². The number of hydrogen-bond donors (Lipinski definition) is 1. The normalized spacial score (nSPS) is 24.6.